The molecule has 25 heteroatoms. The number of rotatable bonds is 29. The first kappa shape index (κ1) is 69.8. The highest BCUT2D eigenvalue weighted by Crippen LogP contribution is 2.48. The molecule has 5 atom stereocenters. The number of carbonyl (C=O) groups excluding carboxylic acids is 11. The Morgan fingerprint density at radius 2 is 1.40 bits per heavy atom. The molecular formula is C70H78ClN9O14S. The minimum atomic E-state index is -0.880. The van der Waals surface area contributed by atoms with E-state index in [4.69, 9.17) is 31.5 Å². The van der Waals surface area contributed by atoms with Gasteiger partial charge in [0.25, 0.3) is 17.7 Å². The van der Waals surface area contributed by atoms with Crippen molar-refractivity contribution in [3.63, 3.8) is 0 Å². The van der Waals surface area contributed by atoms with Crippen LogP contribution in [0, 0.1) is 11.8 Å². The molecule has 1 aromatic heterocycles. The molecule has 0 radical (unpaired) electrons. The van der Waals surface area contributed by atoms with E-state index in [0.29, 0.717) is 75.5 Å². The van der Waals surface area contributed by atoms with E-state index in [2.05, 4.69) is 21.3 Å². The number of primary amides is 1. The van der Waals surface area contributed by atoms with Gasteiger partial charge in [-0.3, -0.25) is 48.6 Å². The third-order valence-electron chi connectivity index (χ3n) is 17.2. The number of urea groups is 1. The molecule has 95 heavy (non-hydrogen) atoms. The molecule has 3 aliphatic heterocycles. The predicted octanol–water partition coefficient (Wildman–Crippen LogP) is 10.2. The van der Waals surface area contributed by atoms with Crippen molar-refractivity contribution < 1.29 is 67.0 Å². The van der Waals surface area contributed by atoms with Gasteiger partial charge in [-0.2, -0.15) is 0 Å². The van der Waals surface area contributed by atoms with E-state index in [9.17, 15) is 52.7 Å². The van der Waals surface area contributed by atoms with Gasteiger partial charge in [0, 0.05) is 125 Å². The molecule has 4 heterocycles. The Balaban J connectivity index is 0.775. The Morgan fingerprint density at radius 3 is 2.03 bits per heavy atom. The van der Waals surface area contributed by atoms with Crippen LogP contribution in [0.1, 0.15) is 139 Å². The maximum absolute atomic E-state index is 14.7. The number of thiophene rings is 1. The van der Waals surface area contributed by atoms with E-state index in [-0.39, 0.29) is 123 Å². The second-order valence-corrected chi connectivity index (χ2v) is 25.6. The number of alkyl halides is 1. The van der Waals surface area contributed by atoms with Gasteiger partial charge in [-0.1, -0.05) is 87.9 Å². The molecule has 9 amide bonds. The number of hydrogen-bond acceptors (Lipinski definition) is 16. The third kappa shape index (κ3) is 16.7. The SMILES string of the molecule is CC[C@@H]1NC(C(=O)c2ccc(C(=O)N3C[C@@H](CCl)c4c3cc(OC(=O)N(C)CCN(C)C(=O)OCc3ccc(NC(=O)[C@H](CCCNC(N)=O)CC(=O)[C@@H](NC(=O)CCCCCN5C(=O)C=CC5=O)C(C)C)cc3)c3ccccc43)s2)c2cc(OC(C)=O)c3ccccc3c21. The molecule has 0 spiro atoms. The number of imide groups is 1. The Bertz CT molecular complexity index is 3970. The molecule has 0 saturated carbocycles. The number of ether oxygens (including phenoxy) is 3. The highest BCUT2D eigenvalue weighted by molar-refractivity contribution is 7.16. The summed E-state index contributed by atoms with van der Waals surface area (Å²) in [6, 6.07) is 25.7. The van der Waals surface area contributed by atoms with Crippen molar-refractivity contribution >= 4 is 121 Å². The number of esters is 1. The Labute approximate surface area is 558 Å². The van der Waals surface area contributed by atoms with Gasteiger partial charge in [-0.05, 0) is 101 Å². The topological polar surface area (TPSA) is 303 Å². The monoisotopic (exact) mass is 1340 g/mol. The standard InChI is InChI=1S/C70H78ClN9O14S/c1-7-51-62-49-20-13-11-18-47(49)54(93-41(4)81)35-50(62)64(75-51)65(86)56-26-27-57(95-56)67(88)80-38-44(37-71)61-48-19-12-10-17-46(48)55(36-52(61)80)94-70(91)78(6)33-32-77(5)69(90)92-39-42-22-24-45(25-23-42)74-66(87)43(16-15-30-73-68(72)89)34-53(82)63(40(2)3)76-58(83)21-9-8-14-31-79-59(84)28-29-60(79)85/h10-13,17-20,22-29,35-36,40,43-44,51,63-64,75H,7-9,14-16,21,30-34,37-39H2,1-6H3,(H,74,87)(H,76,83)(H3,72,73,89)/t43-,44-,51+,63+,64?/m1/s1. The first-order valence-electron chi connectivity index (χ1n) is 31.7. The smallest absolute Gasteiger partial charge is 0.415 e. The highest BCUT2D eigenvalue weighted by Gasteiger charge is 2.40. The van der Waals surface area contributed by atoms with E-state index < -0.39 is 48.1 Å². The number of likely N-dealkylation sites (N-methyl/N-ethyl adjacent to an activating group) is 2. The van der Waals surface area contributed by atoms with Crippen LogP contribution in [0.2, 0.25) is 0 Å². The fourth-order valence-corrected chi connectivity index (χ4v) is 13.4. The van der Waals surface area contributed by atoms with Crippen LogP contribution in [0.3, 0.4) is 0 Å². The van der Waals surface area contributed by atoms with Crippen molar-refractivity contribution in [1.29, 1.82) is 0 Å². The van der Waals surface area contributed by atoms with Gasteiger partial charge >= 0.3 is 24.2 Å². The maximum Gasteiger partial charge on any atom is 0.415 e. The van der Waals surface area contributed by atoms with Crippen molar-refractivity contribution in [3.8, 4) is 11.5 Å². The average Bonchev–Trinajstić information content (AvgIpc) is 1.63. The van der Waals surface area contributed by atoms with Crippen molar-refractivity contribution in [1.82, 2.24) is 30.7 Å². The summed E-state index contributed by atoms with van der Waals surface area (Å²) in [7, 11) is 3.05. The van der Waals surface area contributed by atoms with E-state index in [0.717, 1.165) is 43.5 Å². The zero-order valence-corrected chi connectivity index (χ0v) is 55.4. The lowest BCUT2D eigenvalue weighted by molar-refractivity contribution is -0.137. The number of hydrogen-bond donors (Lipinski definition) is 5. The predicted molar refractivity (Wildman–Crippen MR) is 359 cm³/mol. The van der Waals surface area contributed by atoms with Crippen molar-refractivity contribution in [2.45, 2.75) is 110 Å². The minimum absolute atomic E-state index is 0.0424. The lowest BCUT2D eigenvalue weighted by Crippen LogP contribution is -2.45. The number of halogens is 1. The zero-order chi connectivity index (χ0) is 68.2. The molecule has 9 rings (SSSR count). The molecular weight excluding hydrogens is 1260 g/mol. The molecule has 23 nitrogen and oxygen atoms in total. The van der Waals surface area contributed by atoms with Crippen LogP contribution in [0.5, 0.6) is 11.5 Å². The third-order valence-corrected chi connectivity index (χ3v) is 18.6. The second-order valence-electron chi connectivity index (χ2n) is 24.2. The van der Waals surface area contributed by atoms with Crippen LogP contribution < -0.4 is 41.4 Å². The summed E-state index contributed by atoms with van der Waals surface area (Å²) in [4.78, 5) is 150. The molecule has 0 aliphatic carbocycles. The van der Waals surface area contributed by atoms with E-state index >= 15 is 0 Å². The highest BCUT2D eigenvalue weighted by atomic mass is 35.5. The van der Waals surface area contributed by atoms with Crippen LogP contribution in [0.15, 0.2) is 109 Å². The van der Waals surface area contributed by atoms with Gasteiger partial charge in [0.2, 0.25) is 11.8 Å². The van der Waals surface area contributed by atoms with Gasteiger partial charge in [-0.15, -0.1) is 22.9 Å². The number of anilines is 2. The van der Waals surface area contributed by atoms with E-state index in [1.54, 1.807) is 67.3 Å². The summed E-state index contributed by atoms with van der Waals surface area (Å²) in [5.41, 5.74) is 9.23. The number of nitrogens with two attached hydrogens (primary N) is 1. The summed E-state index contributed by atoms with van der Waals surface area (Å²) >= 11 is 7.71. The molecule has 6 aromatic rings. The number of amides is 9. The van der Waals surface area contributed by atoms with Gasteiger partial charge in [-0.25, -0.2) is 14.4 Å². The Kier molecular flexibility index (Phi) is 23.2. The summed E-state index contributed by atoms with van der Waals surface area (Å²) in [6.07, 6.45) is 3.75. The van der Waals surface area contributed by atoms with Crippen molar-refractivity contribution in [3.05, 3.63) is 141 Å². The summed E-state index contributed by atoms with van der Waals surface area (Å²) in [6.45, 7) is 7.55. The van der Waals surface area contributed by atoms with E-state index in [1.807, 2.05) is 55.5 Å². The average molecular weight is 1340 g/mol. The number of unbranched alkanes of at least 4 members (excludes halogenated alkanes) is 2. The maximum atomic E-state index is 14.7. The molecule has 500 valence electrons. The zero-order valence-electron chi connectivity index (χ0n) is 53.8. The normalized spacial score (nSPS) is 16.1. The van der Waals surface area contributed by atoms with Gasteiger partial charge in [0.05, 0.1) is 27.5 Å². The molecule has 5 aromatic carbocycles. The summed E-state index contributed by atoms with van der Waals surface area (Å²) in [5.74, 6) is -3.64. The van der Waals surface area contributed by atoms with Gasteiger partial charge in [0.15, 0.2) is 11.6 Å². The lowest BCUT2D eigenvalue weighted by atomic mass is 9.89. The molecule has 0 bridgehead atoms. The minimum Gasteiger partial charge on any atom is -0.445 e. The fraction of sp³-hybridized carbons (Fsp3) is 0.386. The largest absolute Gasteiger partial charge is 0.445 e. The Morgan fingerprint density at radius 1 is 0.768 bits per heavy atom. The molecule has 6 N–H and O–H groups in total. The second kappa shape index (κ2) is 31.6. The first-order valence-corrected chi connectivity index (χ1v) is 33.1. The number of nitrogens with zero attached hydrogens (tertiary/aromatic N) is 4. The summed E-state index contributed by atoms with van der Waals surface area (Å²) < 4.78 is 17.3. The van der Waals surface area contributed by atoms with Crippen LogP contribution in [-0.2, 0) is 40.1 Å². The molecule has 1 unspecified atom stereocenters. The van der Waals surface area contributed by atoms with Crippen LogP contribution >= 0.6 is 22.9 Å². The molecule has 0 fully saturated rings. The summed E-state index contributed by atoms with van der Waals surface area (Å²) in [5, 5.41) is 14.7. The lowest BCUT2D eigenvalue weighted by Gasteiger charge is -2.24. The molecule has 3 aliphatic rings. The van der Waals surface area contributed by atoms with E-state index in [1.165, 1.54) is 43.0 Å². The number of benzene rings is 5. The number of Topliss-reactive ketones (excluding diaryl/α,β-unsaturated/α-hetero) is 2. The Hall–Kier alpha value is -9.52. The number of ketones is 2. The first-order chi connectivity index (χ1) is 45.5. The van der Waals surface area contributed by atoms with Gasteiger partial charge in [0.1, 0.15) is 18.1 Å². The molecule has 0 saturated heterocycles. The van der Waals surface area contributed by atoms with Gasteiger partial charge < -0.3 is 50.6 Å². The van der Waals surface area contributed by atoms with Crippen LogP contribution in [-0.4, -0.2) is 139 Å². The quantitative estimate of drug-likeness (QED) is 0.00728. The van der Waals surface area contributed by atoms with Crippen LogP contribution in [0.4, 0.5) is 25.8 Å². The number of nitrogens with one attached hydrogen (secondary N) is 4. The number of carbonyl (C=O) groups is 11. The fourth-order valence-electron chi connectivity index (χ4n) is 12.2. The van der Waals surface area contributed by atoms with Crippen molar-refractivity contribution in [2.24, 2.45) is 17.6 Å². The van der Waals surface area contributed by atoms with Crippen molar-refractivity contribution in [2.75, 3.05) is 62.9 Å². The van der Waals surface area contributed by atoms with Crippen LogP contribution in [0.25, 0.3) is 21.5 Å². The number of fused-ring (bicyclic) bond motifs is 6.